The van der Waals surface area contributed by atoms with Crippen molar-refractivity contribution in [2.24, 2.45) is 0 Å². The average molecular weight is 168 g/mol. The van der Waals surface area contributed by atoms with Gasteiger partial charge in [0.15, 0.2) is 0 Å². The Labute approximate surface area is 62.8 Å². The van der Waals surface area contributed by atoms with Crippen molar-refractivity contribution in [3.8, 4) is 0 Å². The van der Waals surface area contributed by atoms with Crippen molar-refractivity contribution in [2.75, 3.05) is 13.7 Å². The van der Waals surface area contributed by atoms with Crippen molar-refractivity contribution in [1.82, 2.24) is 4.67 Å². The smallest absolute Gasteiger partial charge is 0.201 e. The lowest BCUT2D eigenvalue weighted by Crippen LogP contribution is -2.32. The number of hydrogen-bond acceptors (Lipinski definition) is 2. The van der Waals surface area contributed by atoms with Crippen LogP contribution in [0.4, 0.5) is 0 Å². The Kier molecular flexibility index (Phi) is 2.33. The topological polar surface area (TPSA) is 12.5 Å². The van der Waals surface area contributed by atoms with Crippen LogP contribution < -0.4 is 0 Å². The highest BCUT2D eigenvalue weighted by Gasteiger charge is 2.36. The molecule has 0 bridgehead atoms. The van der Waals surface area contributed by atoms with E-state index in [0.29, 0.717) is 0 Å². The number of methoxy groups -OCH3 is 1. The van der Waals surface area contributed by atoms with Gasteiger partial charge in [0, 0.05) is 20.1 Å². The summed E-state index contributed by atoms with van der Waals surface area (Å²) in [5.74, 6) is 0. The standard InChI is InChI=1S/C5H11ClNOP/c1-8-5(6)3-2-4-7(5)9/h2-4,9H2,1H3. The average Bonchev–Trinajstić information content (AvgIpc) is 2.15. The molecule has 0 spiro atoms. The summed E-state index contributed by atoms with van der Waals surface area (Å²) in [6.45, 7) is 1.00. The first-order chi connectivity index (χ1) is 4.19. The largest absolute Gasteiger partial charge is 0.350 e. The third-order valence-electron chi connectivity index (χ3n) is 1.63. The van der Waals surface area contributed by atoms with Crippen LogP contribution >= 0.6 is 21.0 Å². The predicted molar refractivity (Wildman–Crippen MR) is 41.2 cm³/mol. The molecule has 0 saturated carbocycles. The fraction of sp³-hybridized carbons (Fsp3) is 1.00. The second-order valence-electron chi connectivity index (χ2n) is 2.19. The van der Waals surface area contributed by atoms with Gasteiger partial charge in [0.2, 0.25) is 5.18 Å². The molecule has 2 atom stereocenters. The van der Waals surface area contributed by atoms with E-state index < -0.39 is 5.18 Å². The van der Waals surface area contributed by atoms with Crippen LogP contribution in [0.15, 0.2) is 0 Å². The molecule has 1 saturated heterocycles. The van der Waals surface area contributed by atoms with Crippen molar-refractivity contribution in [1.29, 1.82) is 0 Å². The summed E-state index contributed by atoms with van der Waals surface area (Å²) in [4.78, 5) is 0. The van der Waals surface area contributed by atoms with Crippen LogP contribution in [0.5, 0.6) is 0 Å². The summed E-state index contributed by atoms with van der Waals surface area (Å²) in [5, 5.41) is -0.537. The molecule has 0 aromatic carbocycles. The highest BCUT2D eigenvalue weighted by atomic mass is 35.5. The van der Waals surface area contributed by atoms with E-state index in [4.69, 9.17) is 16.3 Å². The summed E-state index contributed by atoms with van der Waals surface area (Å²) in [7, 11) is 4.20. The van der Waals surface area contributed by atoms with Gasteiger partial charge in [0.1, 0.15) is 0 Å². The van der Waals surface area contributed by atoms with Crippen LogP contribution in [0.2, 0.25) is 0 Å². The van der Waals surface area contributed by atoms with E-state index in [1.54, 1.807) is 7.11 Å². The van der Waals surface area contributed by atoms with Crippen LogP contribution in [-0.4, -0.2) is 23.5 Å². The van der Waals surface area contributed by atoms with Crippen LogP contribution in [-0.2, 0) is 4.74 Å². The van der Waals surface area contributed by atoms with E-state index in [1.807, 2.05) is 4.67 Å². The van der Waals surface area contributed by atoms with Gasteiger partial charge in [-0.2, -0.15) is 0 Å². The van der Waals surface area contributed by atoms with Crippen LogP contribution in [0, 0.1) is 0 Å². The van der Waals surface area contributed by atoms with E-state index in [0.717, 1.165) is 19.4 Å². The molecular formula is C5H11ClNOP. The second-order valence-corrected chi connectivity index (χ2v) is 3.40. The Hall–Kier alpha value is 0.640. The molecular weight excluding hydrogens is 156 g/mol. The lowest BCUT2D eigenvalue weighted by molar-refractivity contribution is 0.00453. The monoisotopic (exact) mass is 167 g/mol. The number of halogens is 1. The summed E-state index contributed by atoms with van der Waals surface area (Å²) in [6, 6.07) is 0. The molecule has 1 rings (SSSR count). The van der Waals surface area contributed by atoms with Crippen LogP contribution in [0.25, 0.3) is 0 Å². The minimum absolute atomic E-state index is 0.537. The maximum absolute atomic E-state index is 5.99. The van der Waals surface area contributed by atoms with E-state index in [9.17, 15) is 0 Å². The molecule has 9 heavy (non-hydrogen) atoms. The van der Waals surface area contributed by atoms with Crippen molar-refractivity contribution < 1.29 is 4.74 Å². The molecule has 1 fully saturated rings. The van der Waals surface area contributed by atoms with Gasteiger partial charge in [-0.25, -0.2) is 4.67 Å². The van der Waals surface area contributed by atoms with E-state index in [2.05, 4.69) is 9.39 Å². The van der Waals surface area contributed by atoms with Crippen molar-refractivity contribution in [3.05, 3.63) is 0 Å². The maximum Gasteiger partial charge on any atom is 0.201 e. The van der Waals surface area contributed by atoms with E-state index in [-0.39, 0.29) is 0 Å². The third-order valence-corrected chi connectivity index (χ3v) is 3.03. The molecule has 0 N–H and O–H groups in total. The normalized spacial score (nSPS) is 37.7. The molecule has 2 unspecified atom stereocenters. The van der Waals surface area contributed by atoms with Crippen LogP contribution in [0.3, 0.4) is 0 Å². The van der Waals surface area contributed by atoms with Gasteiger partial charge < -0.3 is 4.74 Å². The molecule has 0 aromatic rings. The molecule has 0 aromatic heterocycles. The van der Waals surface area contributed by atoms with Gasteiger partial charge >= 0.3 is 0 Å². The SMILES string of the molecule is COC1(Cl)CCCN1P. The minimum Gasteiger partial charge on any atom is -0.350 e. The molecule has 4 heteroatoms. The Morgan fingerprint density at radius 2 is 2.44 bits per heavy atom. The summed E-state index contributed by atoms with van der Waals surface area (Å²) in [6.07, 6.45) is 2.02. The Bertz CT molecular complexity index is 113. The van der Waals surface area contributed by atoms with Gasteiger partial charge in [0.05, 0.1) is 0 Å². The van der Waals surface area contributed by atoms with Crippen molar-refractivity contribution >= 4 is 21.0 Å². The van der Waals surface area contributed by atoms with Gasteiger partial charge in [-0.1, -0.05) is 21.0 Å². The zero-order valence-electron chi connectivity index (χ0n) is 5.43. The van der Waals surface area contributed by atoms with Crippen molar-refractivity contribution in [2.45, 2.75) is 18.0 Å². The highest BCUT2D eigenvalue weighted by molar-refractivity contribution is 7.13. The zero-order chi connectivity index (χ0) is 6.91. The van der Waals surface area contributed by atoms with E-state index in [1.165, 1.54) is 0 Å². The van der Waals surface area contributed by atoms with Crippen molar-refractivity contribution in [3.63, 3.8) is 0 Å². The van der Waals surface area contributed by atoms with Gasteiger partial charge in [0.25, 0.3) is 0 Å². The molecule has 1 aliphatic rings. The summed E-state index contributed by atoms with van der Waals surface area (Å²) < 4.78 is 7.02. The first kappa shape index (κ1) is 7.74. The molecule has 2 nitrogen and oxygen atoms in total. The quantitative estimate of drug-likeness (QED) is 0.333. The summed E-state index contributed by atoms with van der Waals surface area (Å²) >= 11 is 5.99. The number of hydrogen-bond donors (Lipinski definition) is 0. The third kappa shape index (κ3) is 1.38. The lowest BCUT2D eigenvalue weighted by atomic mass is 10.4. The first-order valence-electron chi connectivity index (χ1n) is 2.95. The Morgan fingerprint density at radius 3 is 2.67 bits per heavy atom. The molecule has 1 aliphatic heterocycles. The molecule has 0 aliphatic carbocycles. The molecule has 0 amide bonds. The minimum atomic E-state index is -0.537. The predicted octanol–water partition coefficient (Wildman–Crippen LogP) is 1.41. The Morgan fingerprint density at radius 1 is 1.78 bits per heavy atom. The first-order valence-corrected chi connectivity index (χ1v) is 3.85. The number of alkyl halides is 1. The second kappa shape index (κ2) is 2.71. The summed E-state index contributed by atoms with van der Waals surface area (Å²) in [5.41, 5.74) is 0. The van der Waals surface area contributed by atoms with Gasteiger partial charge in [-0.05, 0) is 6.42 Å². The number of ether oxygens (including phenoxy) is 1. The van der Waals surface area contributed by atoms with Crippen LogP contribution in [0.1, 0.15) is 12.8 Å². The lowest BCUT2D eigenvalue weighted by Gasteiger charge is -2.26. The number of rotatable bonds is 1. The number of nitrogens with zero attached hydrogens (tertiary/aromatic N) is 1. The highest BCUT2D eigenvalue weighted by Crippen LogP contribution is 2.35. The van der Waals surface area contributed by atoms with Gasteiger partial charge in [-0.3, -0.25) is 0 Å². The fourth-order valence-corrected chi connectivity index (χ4v) is 1.63. The molecule has 1 heterocycles. The molecule has 0 radical (unpaired) electrons. The van der Waals surface area contributed by atoms with Gasteiger partial charge in [-0.15, -0.1) is 0 Å². The fourth-order valence-electron chi connectivity index (χ4n) is 0.997. The van der Waals surface area contributed by atoms with E-state index >= 15 is 0 Å². The zero-order valence-corrected chi connectivity index (χ0v) is 7.34. The Balaban J connectivity index is 2.56. The molecule has 54 valence electrons. The maximum atomic E-state index is 5.99.